The molecule has 1 unspecified atom stereocenters. The highest BCUT2D eigenvalue weighted by molar-refractivity contribution is 7.84. The van der Waals surface area contributed by atoms with Gasteiger partial charge in [-0.3, -0.25) is 0 Å². The molecule has 88 valence electrons. The molecular formula is C12H17NO2S. The van der Waals surface area contributed by atoms with Gasteiger partial charge in [0.15, 0.2) is 0 Å². The summed E-state index contributed by atoms with van der Waals surface area (Å²) < 4.78 is 19.3. The molecule has 4 heteroatoms. The third kappa shape index (κ3) is 1.87. The Kier molecular flexibility index (Phi) is 2.80. The van der Waals surface area contributed by atoms with Gasteiger partial charge in [-0.2, -0.15) is 0 Å². The maximum atomic E-state index is 12.2. The van der Waals surface area contributed by atoms with Gasteiger partial charge in [0.25, 0.3) is 0 Å². The summed E-state index contributed by atoms with van der Waals surface area (Å²) in [4.78, 5) is 0. The zero-order chi connectivity index (χ0) is 11.9. The fourth-order valence-corrected chi connectivity index (χ4v) is 3.18. The molecule has 16 heavy (non-hydrogen) atoms. The minimum atomic E-state index is -1.02. The highest BCUT2D eigenvalue weighted by atomic mass is 32.2. The Labute approximate surface area is 98.7 Å². The van der Waals surface area contributed by atoms with Crippen LogP contribution in [0.15, 0.2) is 35.5 Å². The Morgan fingerprint density at radius 1 is 1.56 bits per heavy atom. The SMILES string of the molecule is C=C[C@H]1[C@H](c2ccco2)N1[S@](=O)C(C)(C)C. The van der Waals surface area contributed by atoms with Crippen LogP contribution in [-0.2, 0) is 11.0 Å². The molecule has 0 radical (unpaired) electrons. The molecule has 1 aromatic rings. The molecule has 3 nitrogen and oxygen atoms in total. The number of rotatable bonds is 3. The fraction of sp³-hybridized carbons (Fsp3) is 0.500. The van der Waals surface area contributed by atoms with E-state index in [-0.39, 0.29) is 16.8 Å². The molecule has 0 N–H and O–H groups in total. The largest absolute Gasteiger partial charge is 0.468 e. The van der Waals surface area contributed by atoms with Crippen LogP contribution in [0.5, 0.6) is 0 Å². The van der Waals surface area contributed by atoms with E-state index >= 15 is 0 Å². The lowest BCUT2D eigenvalue weighted by Crippen LogP contribution is -2.28. The molecule has 1 fully saturated rings. The minimum Gasteiger partial charge on any atom is -0.468 e. The molecule has 0 aliphatic carbocycles. The van der Waals surface area contributed by atoms with Crippen molar-refractivity contribution in [3.8, 4) is 0 Å². The highest BCUT2D eigenvalue weighted by Gasteiger charge is 2.54. The Bertz CT molecular complexity index is 405. The summed E-state index contributed by atoms with van der Waals surface area (Å²) in [6, 6.07) is 3.99. The van der Waals surface area contributed by atoms with E-state index in [9.17, 15) is 4.21 Å². The summed E-state index contributed by atoms with van der Waals surface area (Å²) in [5, 5.41) is 0. The molecule has 1 aliphatic rings. The van der Waals surface area contributed by atoms with E-state index < -0.39 is 11.0 Å². The summed E-state index contributed by atoms with van der Waals surface area (Å²) in [7, 11) is -1.02. The van der Waals surface area contributed by atoms with Gasteiger partial charge in [-0.05, 0) is 32.9 Å². The van der Waals surface area contributed by atoms with E-state index in [1.807, 2.05) is 43.3 Å². The van der Waals surface area contributed by atoms with Gasteiger partial charge >= 0.3 is 0 Å². The van der Waals surface area contributed by atoms with Crippen LogP contribution in [0.25, 0.3) is 0 Å². The van der Waals surface area contributed by atoms with E-state index in [2.05, 4.69) is 6.58 Å². The van der Waals surface area contributed by atoms with Gasteiger partial charge in [0.1, 0.15) is 22.8 Å². The van der Waals surface area contributed by atoms with E-state index in [0.717, 1.165) is 5.76 Å². The maximum Gasteiger partial charge on any atom is 0.123 e. The van der Waals surface area contributed by atoms with Crippen molar-refractivity contribution in [2.45, 2.75) is 37.6 Å². The quantitative estimate of drug-likeness (QED) is 0.600. The van der Waals surface area contributed by atoms with Crippen LogP contribution in [0, 0.1) is 0 Å². The Hall–Kier alpha value is -0.870. The van der Waals surface area contributed by atoms with Crippen molar-refractivity contribution in [2.75, 3.05) is 0 Å². The number of hydrogen-bond donors (Lipinski definition) is 0. The first-order valence-electron chi connectivity index (χ1n) is 5.33. The standard InChI is InChI=1S/C12H17NO2S/c1-5-9-11(10-7-6-8-15-10)13(9)16(14)12(2,3)4/h5-9,11H,1H2,2-4H3/t9-,11+,13?,16+/m0/s1. The van der Waals surface area contributed by atoms with Crippen molar-refractivity contribution < 1.29 is 8.63 Å². The lowest BCUT2D eigenvalue weighted by Gasteiger charge is -2.18. The van der Waals surface area contributed by atoms with Crippen molar-refractivity contribution in [1.82, 2.24) is 4.31 Å². The smallest absolute Gasteiger partial charge is 0.123 e. The second-order valence-electron chi connectivity index (χ2n) is 4.91. The number of nitrogens with zero attached hydrogens (tertiary/aromatic N) is 1. The summed E-state index contributed by atoms with van der Waals surface area (Å²) in [5.41, 5.74) is 0. The van der Waals surface area contributed by atoms with E-state index in [4.69, 9.17) is 4.42 Å². The molecular weight excluding hydrogens is 222 g/mol. The zero-order valence-electron chi connectivity index (χ0n) is 9.84. The molecule has 2 heterocycles. The predicted octanol–water partition coefficient (Wildman–Crippen LogP) is 2.65. The van der Waals surface area contributed by atoms with Gasteiger partial charge < -0.3 is 4.42 Å². The van der Waals surface area contributed by atoms with E-state index in [1.54, 1.807) is 6.26 Å². The van der Waals surface area contributed by atoms with Crippen LogP contribution in [0.1, 0.15) is 32.6 Å². The first-order valence-corrected chi connectivity index (χ1v) is 6.44. The van der Waals surface area contributed by atoms with E-state index in [1.165, 1.54) is 0 Å². The van der Waals surface area contributed by atoms with Gasteiger partial charge in [-0.15, -0.1) is 6.58 Å². The van der Waals surface area contributed by atoms with Gasteiger partial charge in [0, 0.05) is 0 Å². The van der Waals surface area contributed by atoms with Crippen molar-refractivity contribution in [3.63, 3.8) is 0 Å². The van der Waals surface area contributed by atoms with Crippen molar-refractivity contribution in [2.24, 2.45) is 0 Å². The van der Waals surface area contributed by atoms with Gasteiger partial charge in [0.05, 0.1) is 17.1 Å². The Balaban J connectivity index is 2.19. The second kappa shape index (κ2) is 3.86. The highest BCUT2D eigenvalue weighted by Crippen LogP contribution is 2.47. The van der Waals surface area contributed by atoms with Crippen LogP contribution in [-0.4, -0.2) is 19.3 Å². The van der Waals surface area contributed by atoms with Crippen molar-refractivity contribution in [3.05, 3.63) is 36.8 Å². The van der Waals surface area contributed by atoms with Gasteiger partial charge in [0.2, 0.25) is 0 Å². The molecule has 0 amide bonds. The summed E-state index contributed by atoms with van der Waals surface area (Å²) in [6.45, 7) is 9.70. The van der Waals surface area contributed by atoms with Crippen LogP contribution < -0.4 is 0 Å². The molecule has 1 aromatic heterocycles. The predicted molar refractivity (Wildman–Crippen MR) is 65.2 cm³/mol. The molecule has 0 aromatic carbocycles. The Morgan fingerprint density at radius 2 is 2.25 bits per heavy atom. The lowest BCUT2D eigenvalue weighted by atomic mass is 10.2. The second-order valence-corrected chi connectivity index (χ2v) is 7.05. The average molecular weight is 239 g/mol. The number of hydrogen-bond acceptors (Lipinski definition) is 2. The van der Waals surface area contributed by atoms with Crippen LogP contribution in [0.2, 0.25) is 0 Å². The van der Waals surface area contributed by atoms with Crippen molar-refractivity contribution >= 4 is 11.0 Å². The van der Waals surface area contributed by atoms with Crippen LogP contribution in [0.4, 0.5) is 0 Å². The average Bonchev–Trinajstić information content (AvgIpc) is 2.67. The van der Waals surface area contributed by atoms with Gasteiger partial charge in [-0.25, -0.2) is 8.51 Å². The summed E-state index contributed by atoms with van der Waals surface area (Å²) in [5.74, 6) is 0.863. The van der Waals surface area contributed by atoms with E-state index in [0.29, 0.717) is 0 Å². The summed E-state index contributed by atoms with van der Waals surface area (Å²) in [6.07, 6.45) is 3.48. The Morgan fingerprint density at radius 3 is 2.69 bits per heavy atom. The minimum absolute atomic E-state index is 0.0903. The molecule has 1 aliphatic heterocycles. The van der Waals surface area contributed by atoms with Crippen LogP contribution in [0.3, 0.4) is 0 Å². The van der Waals surface area contributed by atoms with Gasteiger partial charge in [-0.1, -0.05) is 6.08 Å². The van der Waals surface area contributed by atoms with Crippen LogP contribution >= 0.6 is 0 Å². The molecule has 0 bridgehead atoms. The maximum absolute atomic E-state index is 12.2. The first-order chi connectivity index (χ1) is 7.46. The molecule has 0 saturated carbocycles. The lowest BCUT2D eigenvalue weighted by molar-refractivity contribution is 0.493. The first kappa shape index (κ1) is 11.6. The third-order valence-electron chi connectivity index (χ3n) is 2.59. The zero-order valence-corrected chi connectivity index (χ0v) is 10.7. The molecule has 2 rings (SSSR count). The molecule has 4 atom stereocenters. The van der Waals surface area contributed by atoms with Crippen molar-refractivity contribution in [1.29, 1.82) is 0 Å². The normalized spacial score (nSPS) is 31.1. The molecule has 0 spiro atoms. The summed E-state index contributed by atoms with van der Waals surface area (Å²) >= 11 is 0. The topological polar surface area (TPSA) is 33.2 Å². The monoisotopic (exact) mass is 239 g/mol. The third-order valence-corrected chi connectivity index (χ3v) is 4.49. The molecule has 1 saturated heterocycles. The number of furan rings is 1. The fourth-order valence-electron chi connectivity index (χ4n) is 1.74.